The van der Waals surface area contributed by atoms with E-state index in [1.165, 1.54) is 19.2 Å². The molecular formula is C20H15BrCl2N2O3S. The fourth-order valence-electron chi connectivity index (χ4n) is 2.52. The van der Waals surface area contributed by atoms with Crippen LogP contribution in [0.15, 0.2) is 57.4 Å². The Morgan fingerprint density at radius 1 is 1.14 bits per heavy atom. The third-order valence-electron chi connectivity index (χ3n) is 3.91. The van der Waals surface area contributed by atoms with Gasteiger partial charge < -0.3 is 14.5 Å². The van der Waals surface area contributed by atoms with Crippen LogP contribution in [0.1, 0.15) is 16.1 Å². The molecule has 2 aromatic carbocycles. The van der Waals surface area contributed by atoms with Crippen LogP contribution >= 0.6 is 51.3 Å². The zero-order chi connectivity index (χ0) is 21.0. The van der Waals surface area contributed by atoms with E-state index in [4.69, 9.17) is 44.6 Å². The summed E-state index contributed by atoms with van der Waals surface area (Å²) in [6, 6.07) is 14.4. The molecule has 0 aliphatic rings. The van der Waals surface area contributed by atoms with Crippen molar-refractivity contribution in [1.82, 2.24) is 10.6 Å². The molecule has 0 saturated carbocycles. The average Bonchev–Trinajstić information content (AvgIpc) is 3.15. The Morgan fingerprint density at radius 3 is 2.41 bits per heavy atom. The van der Waals surface area contributed by atoms with Gasteiger partial charge >= 0.3 is 0 Å². The molecule has 1 heterocycles. The van der Waals surface area contributed by atoms with Crippen LogP contribution in [-0.2, 0) is 6.54 Å². The Kier molecular flexibility index (Phi) is 7.18. The van der Waals surface area contributed by atoms with Gasteiger partial charge in [-0.2, -0.15) is 0 Å². The van der Waals surface area contributed by atoms with E-state index in [1.54, 1.807) is 0 Å². The maximum absolute atomic E-state index is 12.4. The number of benzene rings is 2. The molecule has 0 radical (unpaired) electrons. The van der Waals surface area contributed by atoms with E-state index in [2.05, 4.69) is 26.6 Å². The number of halogens is 3. The first-order valence-electron chi connectivity index (χ1n) is 8.34. The highest BCUT2D eigenvalue weighted by Gasteiger charge is 2.14. The summed E-state index contributed by atoms with van der Waals surface area (Å²) in [6.07, 6.45) is 0. The largest absolute Gasteiger partial charge is 0.494 e. The number of carbonyl (C=O) groups is 1. The minimum atomic E-state index is -0.441. The fraction of sp³-hybridized carbons (Fsp3) is 0.100. The number of rotatable bonds is 5. The second kappa shape index (κ2) is 9.63. The molecule has 3 rings (SSSR count). The van der Waals surface area contributed by atoms with Crippen LogP contribution in [0.5, 0.6) is 5.75 Å². The van der Waals surface area contributed by atoms with Gasteiger partial charge in [0.15, 0.2) is 10.9 Å². The molecule has 0 bridgehead atoms. The van der Waals surface area contributed by atoms with Crippen molar-refractivity contribution < 1.29 is 13.9 Å². The topological polar surface area (TPSA) is 63.5 Å². The minimum Gasteiger partial charge on any atom is -0.494 e. The lowest BCUT2D eigenvalue weighted by Crippen LogP contribution is -2.38. The molecule has 0 atom stereocenters. The van der Waals surface area contributed by atoms with Crippen LogP contribution < -0.4 is 15.4 Å². The first-order chi connectivity index (χ1) is 13.9. The van der Waals surface area contributed by atoms with E-state index in [-0.39, 0.29) is 20.7 Å². The second-order valence-electron chi connectivity index (χ2n) is 5.88. The molecule has 5 nitrogen and oxygen atoms in total. The Bertz CT molecular complexity index is 1030. The van der Waals surface area contributed by atoms with E-state index in [1.807, 2.05) is 36.4 Å². The number of methoxy groups -OCH3 is 1. The van der Waals surface area contributed by atoms with Crippen molar-refractivity contribution in [3.05, 3.63) is 74.4 Å². The van der Waals surface area contributed by atoms with Gasteiger partial charge in [-0.05, 0) is 48.6 Å². The Labute approximate surface area is 191 Å². The highest BCUT2D eigenvalue weighted by Crippen LogP contribution is 2.33. The average molecular weight is 514 g/mol. The molecule has 2 N–H and O–H groups in total. The maximum Gasteiger partial charge on any atom is 0.257 e. The Balaban J connectivity index is 1.57. The molecule has 3 aromatic rings. The third-order valence-corrected chi connectivity index (χ3v) is 5.24. The molecule has 29 heavy (non-hydrogen) atoms. The predicted octanol–water partition coefficient (Wildman–Crippen LogP) is 5.83. The van der Waals surface area contributed by atoms with Gasteiger partial charge in [0.25, 0.3) is 5.91 Å². The molecule has 1 aromatic heterocycles. The van der Waals surface area contributed by atoms with Crippen LogP contribution in [0.3, 0.4) is 0 Å². The Morgan fingerprint density at radius 2 is 1.79 bits per heavy atom. The summed E-state index contributed by atoms with van der Waals surface area (Å²) in [6.45, 7) is 0.319. The van der Waals surface area contributed by atoms with Gasteiger partial charge in [-0.3, -0.25) is 10.1 Å². The van der Waals surface area contributed by atoms with Gasteiger partial charge in [0.1, 0.15) is 11.5 Å². The van der Waals surface area contributed by atoms with Gasteiger partial charge in [0.2, 0.25) is 0 Å². The highest BCUT2D eigenvalue weighted by atomic mass is 79.9. The highest BCUT2D eigenvalue weighted by molar-refractivity contribution is 9.10. The summed E-state index contributed by atoms with van der Waals surface area (Å²) in [5.41, 5.74) is 1.23. The molecule has 0 spiro atoms. The van der Waals surface area contributed by atoms with Crippen LogP contribution in [0.25, 0.3) is 11.3 Å². The van der Waals surface area contributed by atoms with Crippen LogP contribution in [-0.4, -0.2) is 18.1 Å². The summed E-state index contributed by atoms with van der Waals surface area (Å²) < 4.78 is 11.9. The zero-order valence-corrected chi connectivity index (χ0v) is 19.0. The molecular weight excluding hydrogens is 499 g/mol. The van der Waals surface area contributed by atoms with Gasteiger partial charge in [0, 0.05) is 15.6 Å². The first kappa shape index (κ1) is 21.6. The summed E-state index contributed by atoms with van der Waals surface area (Å²) in [7, 11) is 1.45. The fourth-order valence-corrected chi connectivity index (χ4v) is 3.59. The normalized spacial score (nSPS) is 10.5. The molecule has 0 aliphatic carbocycles. The predicted molar refractivity (Wildman–Crippen MR) is 122 cm³/mol. The van der Waals surface area contributed by atoms with Crippen molar-refractivity contribution in [1.29, 1.82) is 0 Å². The van der Waals surface area contributed by atoms with E-state index in [0.29, 0.717) is 18.1 Å². The number of carbonyl (C=O) groups excluding carboxylic acids is 1. The molecule has 1 amide bonds. The van der Waals surface area contributed by atoms with Crippen molar-refractivity contribution in [3.8, 4) is 17.1 Å². The van der Waals surface area contributed by atoms with E-state index >= 15 is 0 Å². The van der Waals surface area contributed by atoms with Gasteiger partial charge in [-0.1, -0.05) is 51.3 Å². The lowest BCUT2D eigenvalue weighted by Gasteiger charge is -2.11. The van der Waals surface area contributed by atoms with E-state index in [0.717, 1.165) is 15.8 Å². The quantitative estimate of drug-likeness (QED) is 0.420. The summed E-state index contributed by atoms with van der Waals surface area (Å²) >= 11 is 20.7. The van der Waals surface area contributed by atoms with Crippen LogP contribution in [0, 0.1) is 0 Å². The zero-order valence-electron chi connectivity index (χ0n) is 15.1. The lowest BCUT2D eigenvalue weighted by atomic mass is 10.2. The van der Waals surface area contributed by atoms with Crippen LogP contribution in [0.4, 0.5) is 0 Å². The number of furan rings is 1. The lowest BCUT2D eigenvalue weighted by molar-refractivity contribution is 0.0976. The number of amides is 1. The van der Waals surface area contributed by atoms with Crippen molar-refractivity contribution >= 4 is 62.4 Å². The monoisotopic (exact) mass is 512 g/mol. The number of nitrogens with one attached hydrogen (secondary N) is 2. The second-order valence-corrected chi connectivity index (χ2v) is 8.02. The standard InChI is InChI=1S/C20H15BrCl2N2O3S/c1-27-18-15(22)8-12(9-16(18)23)19(26)25-20(29)24-10-14-6-7-17(28-14)11-2-4-13(21)5-3-11/h2-9H,10H2,1H3,(H2,24,25,26,29). The Hall–Kier alpha value is -2.06. The van der Waals surface area contributed by atoms with Gasteiger partial charge in [-0.25, -0.2) is 0 Å². The SMILES string of the molecule is COc1c(Cl)cc(C(=O)NC(=S)NCc2ccc(-c3ccc(Br)cc3)o2)cc1Cl. The number of ether oxygens (including phenoxy) is 1. The molecule has 0 fully saturated rings. The minimum absolute atomic E-state index is 0.152. The smallest absolute Gasteiger partial charge is 0.257 e. The number of thiocarbonyl (C=S) groups is 1. The molecule has 9 heteroatoms. The number of hydrogen-bond donors (Lipinski definition) is 2. The summed E-state index contributed by atoms with van der Waals surface area (Å²) in [5, 5.41) is 6.14. The molecule has 0 unspecified atom stereocenters. The first-order valence-corrected chi connectivity index (χ1v) is 10.3. The molecule has 150 valence electrons. The van der Waals surface area contributed by atoms with Crippen molar-refractivity contribution in [2.45, 2.75) is 6.54 Å². The summed E-state index contributed by atoms with van der Waals surface area (Å²) in [4.78, 5) is 12.4. The van der Waals surface area contributed by atoms with Gasteiger partial charge in [0.05, 0.1) is 23.7 Å². The van der Waals surface area contributed by atoms with Crippen molar-refractivity contribution in [3.63, 3.8) is 0 Å². The van der Waals surface area contributed by atoms with E-state index in [9.17, 15) is 4.79 Å². The van der Waals surface area contributed by atoms with Crippen molar-refractivity contribution in [2.24, 2.45) is 0 Å². The summed E-state index contributed by atoms with van der Waals surface area (Å²) in [5.74, 6) is 1.29. The third kappa shape index (κ3) is 5.51. The van der Waals surface area contributed by atoms with E-state index < -0.39 is 5.91 Å². The van der Waals surface area contributed by atoms with Crippen LogP contribution in [0.2, 0.25) is 10.0 Å². The maximum atomic E-state index is 12.4. The number of hydrogen-bond acceptors (Lipinski definition) is 4. The molecule has 0 saturated heterocycles. The van der Waals surface area contributed by atoms with Crippen molar-refractivity contribution in [2.75, 3.05) is 7.11 Å². The van der Waals surface area contributed by atoms with Gasteiger partial charge in [-0.15, -0.1) is 0 Å². The molecule has 0 aliphatic heterocycles.